The summed E-state index contributed by atoms with van der Waals surface area (Å²) in [5, 5.41) is 0. The van der Waals surface area contributed by atoms with Gasteiger partial charge >= 0.3 is 5.97 Å². The summed E-state index contributed by atoms with van der Waals surface area (Å²) in [6, 6.07) is -0.387. The number of ether oxygens (including phenoxy) is 1. The molecule has 0 spiro atoms. The number of rotatable bonds is 2. The van der Waals surface area contributed by atoms with Gasteiger partial charge in [-0.15, -0.1) is 0 Å². The van der Waals surface area contributed by atoms with Crippen molar-refractivity contribution in [2.45, 2.75) is 26.8 Å². The number of nitrogens with zero attached hydrogens (tertiary/aromatic N) is 1. The van der Waals surface area contributed by atoms with Crippen LogP contribution in [0.15, 0.2) is 9.09 Å². The maximum atomic E-state index is 11.3. The molecule has 0 bridgehead atoms. The van der Waals surface area contributed by atoms with Crippen LogP contribution in [0, 0.1) is 5.41 Å². The van der Waals surface area contributed by atoms with Crippen molar-refractivity contribution in [1.82, 2.24) is 4.98 Å². The smallest absolute Gasteiger partial charge is 0.361 e. The molecule has 16 heavy (non-hydrogen) atoms. The lowest BCUT2D eigenvalue weighted by Gasteiger charge is -2.23. The lowest BCUT2D eigenvalue weighted by molar-refractivity contribution is 0.0592. The molecule has 0 aromatic carbocycles. The summed E-state index contributed by atoms with van der Waals surface area (Å²) in [6.45, 7) is 5.90. The molecule has 1 aromatic rings. The van der Waals surface area contributed by atoms with E-state index in [0.29, 0.717) is 5.89 Å². The van der Waals surface area contributed by atoms with Crippen LogP contribution < -0.4 is 5.73 Å². The molecular formula is C10H15BrN2O3. The zero-order valence-electron chi connectivity index (χ0n) is 9.70. The first kappa shape index (κ1) is 13.2. The standard InChI is InChI=1S/C10H15BrN2O3/c1-10(2,3)6(12)8-13-5(7(11)16-8)9(14)15-4/h6H,12H2,1-4H3/t6-/m1/s1. The Bertz CT molecular complexity index is 395. The highest BCUT2D eigenvalue weighted by atomic mass is 79.9. The van der Waals surface area contributed by atoms with Crippen LogP contribution in [-0.4, -0.2) is 18.1 Å². The molecule has 1 aromatic heterocycles. The van der Waals surface area contributed by atoms with Crippen LogP contribution in [0.25, 0.3) is 0 Å². The molecule has 0 unspecified atom stereocenters. The highest BCUT2D eigenvalue weighted by Crippen LogP contribution is 2.32. The van der Waals surface area contributed by atoms with Crippen molar-refractivity contribution in [2.75, 3.05) is 7.11 Å². The molecule has 5 nitrogen and oxygen atoms in total. The van der Waals surface area contributed by atoms with Crippen LogP contribution in [0.1, 0.15) is 43.2 Å². The highest BCUT2D eigenvalue weighted by Gasteiger charge is 2.29. The second-order valence-electron chi connectivity index (χ2n) is 4.51. The predicted octanol–water partition coefficient (Wildman–Crippen LogP) is 2.27. The van der Waals surface area contributed by atoms with Crippen molar-refractivity contribution >= 4 is 21.9 Å². The predicted molar refractivity (Wildman–Crippen MR) is 61.9 cm³/mol. The van der Waals surface area contributed by atoms with E-state index in [1.807, 2.05) is 20.8 Å². The summed E-state index contributed by atoms with van der Waals surface area (Å²) < 4.78 is 10.1. The molecular weight excluding hydrogens is 276 g/mol. The Balaban J connectivity index is 3.06. The van der Waals surface area contributed by atoms with E-state index in [2.05, 4.69) is 25.7 Å². The van der Waals surface area contributed by atoms with E-state index in [1.54, 1.807) is 0 Å². The lowest BCUT2D eigenvalue weighted by Crippen LogP contribution is -2.26. The first-order valence-electron chi connectivity index (χ1n) is 4.77. The van der Waals surface area contributed by atoms with E-state index in [9.17, 15) is 4.79 Å². The van der Waals surface area contributed by atoms with Crippen LogP contribution in [0.4, 0.5) is 0 Å². The number of methoxy groups -OCH3 is 1. The van der Waals surface area contributed by atoms with E-state index in [-0.39, 0.29) is 21.8 Å². The number of hydrogen-bond donors (Lipinski definition) is 1. The zero-order chi connectivity index (χ0) is 12.5. The third-order valence-electron chi connectivity index (χ3n) is 2.18. The van der Waals surface area contributed by atoms with E-state index in [4.69, 9.17) is 10.2 Å². The fraction of sp³-hybridized carbons (Fsp3) is 0.600. The van der Waals surface area contributed by atoms with Crippen LogP contribution in [0.5, 0.6) is 0 Å². The number of aromatic nitrogens is 1. The van der Waals surface area contributed by atoms with E-state index < -0.39 is 5.97 Å². The van der Waals surface area contributed by atoms with Gasteiger partial charge in [0.2, 0.25) is 16.3 Å². The minimum atomic E-state index is -0.553. The average molecular weight is 291 g/mol. The molecule has 0 aliphatic carbocycles. The van der Waals surface area contributed by atoms with Crippen LogP contribution in [0.3, 0.4) is 0 Å². The molecule has 1 atom stereocenters. The van der Waals surface area contributed by atoms with Crippen molar-refractivity contribution in [3.8, 4) is 0 Å². The normalized spacial score (nSPS) is 13.6. The minimum Gasteiger partial charge on any atom is -0.464 e. The van der Waals surface area contributed by atoms with Crippen molar-refractivity contribution in [1.29, 1.82) is 0 Å². The summed E-state index contributed by atoms with van der Waals surface area (Å²) in [7, 11) is 1.28. The number of esters is 1. The third kappa shape index (κ3) is 2.62. The van der Waals surface area contributed by atoms with Crippen LogP contribution in [-0.2, 0) is 4.74 Å². The largest absolute Gasteiger partial charge is 0.464 e. The Hall–Kier alpha value is -0.880. The van der Waals surface area contributed by atoms with Gasteiger partial charge in [0.15, 0.2) is 0 Å². The summed E-state index contributed by atoms with van der Waals surface area (Å²) in [4.78, 5) is 15.3. The molecule has 0 saturated heterocycles. The number of carbonyl (C=O) groups excluding carboxylic acids is 1. The van der Waals surface area contributed by atoms with E-state index in [1.165, 1.54) is 7.11 Å². The van der Waals surface area contributed by atoms with Gasteiger partial charge < -0.3 is 14.9 Å². The molecule has 0 aliphatic heterocycles. The Morgan fingerprint density at radius 3 is 2.56 bits per heavy atom. The van der Waals surface area contributed by atoms with E-state index >= 15 is 0 Å². The molecule has 0 aliphatic rings. The summed E-state index contributed by atoms with van der Waals surface area (Å²) >= 11 is 3.11. The van der Waals surface area contributed by atoms with Crippen molar-refractivity contribution in [3.63, 3.8) is 0 Å². The number of oxazole rings is 1. The number of hydrogen-bond acceptors (Lipinski definition) is 5. The Morgan fingerprint density at radius 2 is 2.12 bits per heavy atom. The topological polar surface area (TPSA) is 78.3 Å². The van der Waals surface area contributed by atoms with Gasteiger partial charge in [-0.05, 0) is 21.3 Å². The van der Waals surface area contributed by atoms with Gasteiger partial charge in [0.1, 0.15) is 0 Å². The molecule has 6 heteroatoms. The fourth-order valence-corrected chi connectivity index (χ4v) is 1.46. The molecule has 0 saturated carbocycles. The Labute approximate surface area is 102 Å². The summed E-state index contributed by atoms with van der Waals surface area (Å²) in [5.74, 6) is -0.234. The van der Waals surface area contributed by atoms with Gasteiger partial charge in [-0.1, -0.05) is 20.8 Å². The molecule has 2 N–H and O–H groups in total. The molecule has 90 valence electrons. The van der Waals surface area contributed by atoms with Gasteiger partial charge in [-0.25, -0.2) is 9.78 Å². The van der Waals surface area contributed by atoms with E-state index in [0.717, 1.165) is 0 Å². The quantitative estimate of drug-likeness (QED) is 0.846. The summed E-state index contributed by atoms with van der Waals surface area (Å²) in [5.41, 5.74) is 5.88. The summed E-state index contributed by atoms with van der Waals surface area (Å²) in [6.07, 6.45) is 0. The molecule has 0 amide bonds. The number of carbonyl (C=O) groups is 1. The van der Waals surface area contributed by atoms with Crippen molar-refractivity contribution in [3.05, 3.63) is 16.3 Å². The van der Waals surface area contributed by atoms with Gasteiger partial charge in [0, 0.05) is 0 Å². The molecule has 0 radical (unpaired) electrons. The first-order chi connectivity index (χ1) is 7.27. The van der Waals surface area contributed by atoms with Crippen LogP contribution >= 0.6 is 15.9 Å². The fourth-order valence-electron chi connectivity index (χ4n) is 1.04. The second kappa shape index (κ2) is 4.55. The van der Waals surface area contributed by atoms with Crippen molar-refractivity contribution < 1.29 is 13.9 Å². The minimum absolute atomic E-state index is 0.109. The van der Waals surface area contributed by atoms with Gasteiger partial charge in [-0.2, -0.15) is 0 Å². The monoisotopic (exact) mass is 290 g/mol. The second-order valence-corrected chi connectivity index (χ2v) is 5.23. The van der Waals surface area contributed by atoms with Gasteiger partial charge in [-0.3, -0.25) is 0 Å². The Kier molecular flexibility index (Phi) is 3.75. The maximum absolute atomic E-state index is 11.3. The molecule has 1 rings (SSSR count). The molecule has 1 heterocycles. The number of halogens is 1. The SMILES string of the molecule is COC(=O)c1nc([C@@H](N)C(C)(C)C)oc1Br. The zero-order valence-corrected chi connectivity index (χ0v) is 11.3. The van der Waals surface area contributed by atoms with Gasteiger partial charge in [0.25, 0.3) is 0 Å². The average Bonchev–Trinajstić information content (AvgIpc) is 2.56. The van der Waals surface area contributed by atoms with Gasteiger partial charge in [0.05, 0.1) is 13.2 Å². The Morgan fingerprint density at radius 1 is 1.56 bits per heavy atom. The first-order valence-corrected chi connectivity index (χ1v) is 5.56. The molecule has 0 fully saturated rings. The van der Waals surface area contributed by atoms with Crippen LogP contribution in [0.2, 0.25) is 0 Å². The maximum Gasteiger partial charge on any atom is 0.361 e. The number of nitrogens with two attached hydrogens (primary N) is 1. The highest BCUT2D eigenvalue weighted by molar-refractivity contribution is 9.10. The lowest BCUT2D eigenvalue weighted by atomic mass is 9.87. The van der Waals surface area contributed by atoms with Crippen molar-refractivity contribution in [2.24, 2.45) is 11.1 Å². The third-order valence-corrected chi connectivity index (χ3v) is 2.72.